The monoisotopic (exact) mass is 377 g/mol. The normalized spacial score (nSPS) is 10.3. The van der Waals surface area contributed by atoms with Gasteiger partial charge in [0.2, 0.25) is 0 Å². The largest absolute Gasteiger partial charge is 0.494 e. The number of carbonyl (C=O) groups excluding carboxylic acids is 2. The number of amides is 2. The van der Waals surface area contributed by atoms with Gasteiger partial charge in [-0.3, -0.25) is 9.59 Å². The maximum Gasteiger partial charge on any atom is 0.251 e. The predicted molar refractivity (Wildman–Crippen MR) is 108 cm³/mol. The number of rotatable bonds is 8. The fraction of sp³-hybridized carbons (Fsp3) is 0.182. The lowest BCUT2D eigenvalue weighted by molar-refractivity contribution is 0.0927. The van der Waals surface area contributed by atoms with Gasteiger partial charge in [-0.2, -0.15) is 0 Å². The van der Waals surface area contributed by atoms with E-state index in [1.165, 1.54) is 0 Å². The number of nitrogens with one attached hydrogen (secondary N) is 2. The summed E-state index contributed by atoms with van der Waals surface area (Å²) in [6, 6.07) is 18.2. The Morgan fingerprint density at radius 3 is 1.82 bits per heavy atom. The molecule has 2 amide bonds. The van der Waals surface area contributed by atoms with E-state index in [9.17, 15) is 9.59 Å². The van der Waals surface area contributed by atoms with Crippen LogP contribution < -0.4 is 15.4 Å². The fourth-order valence-electron chi connectivity index (χ4n) is 2.72. The Kier molecular flexibility index (Phi) is 6.46. The molecule has 3 rings (SSSR count). The smallest absolute Gasteiger partial charge is 0.251 e. The third-order valence-electron chi connectivity index (χ3n) is 4.16. The SMILES string of the molecule is CCOc1ccc(C(=O)NCCNC(=O)c2ccc(-n3cccc3)cc2)cc1. The van der Waals surface area contributed by atoms with Gasteiger partial charge in [-0.1, -0.05) is 0 Å². The van der Waals surface area contributed by atoms with E-state index in [2.05, 4.69) is 10.6 Å². The minimum absolute atomic E-state index is 0.172. The Morgan fingerprint density at radius 1 is 0.821 bits per heavy atom. The zero-order valence-corrected chi connectivity index (χ0v) is 15.7. The molecule has 0 saturated carbocycles. The molecule has 0 unspecified atom stereocenters. The van der Waals surface area contributed by atoms with Crippen LogP contribution in [0.5, 0.6) is 5.75 Å². The Bertz CT molecular complexity index is 901. The quantitative estimate of drug-likeness (QED) is 0.593. The van der Waals surface area contributed by atoms with Gasteiger partial charge in [0, 0.05) is 42.3 Å². The maximum atomic E-state index is 12.2. The molecular weight excluding hydrogens is 354 g/mol. The molecule has 0 fully saturated rings. The Hall–Kier alpha value is -3.54. The lowest BCUT2D eigenvalue weighted by Crippen LogP contribution is -2.34. The standard InChI is InChI=1S/C22H23N3O3/c1-2-28-20-11-7-18(8-12-20)22(27)24-14-13-23-21(26)17-5-9-19(10-6-17)25-15-3-4-16-25/h3-12,15-16H,2,13-14H2,1H3,(H,23,26)(H,24,27). The first-order chi connectivity index (χ1) is 13.7. The van der Waals surface area contributed by atoms with E-state index < -0.39 is 0 Å². The number of aromatic nitrogens is 1. The number of nitrogens with zero attached hydrogens (tertiary/aromatic N) is 1. The molecule has 1 heterocycles. The van der Waals surface area contributed by atoms with Crippen molar-refractivity contribution in [3.05, 3.63) is 84.2 Å². The van der Waals surface area contributed by atoms with Crippen LogP contribution in [0.2, 0.25) is 0 Å². The van der Waals surface area contributed by atoms with Gasteiger partial charge in [0.05, 0.1) is 6.61 Å². The van der Waals surface area contributed by atoms with E-state index in [4.69, 9.17) is 4.74 Å². The van der Waals surface area contributed by atoms with Crippen molar-refractivity contribution < 1.29 is 14.3 Å². The second kappa shape index (κ2) is 9.41. The zero-order valence-electron chi connectivity index (χ0n) is 15.7. The topological polar surface area (TPSA) is 72.4 Å². The van der Waals surface area contributed by atoms with E-state index in [0.29, 0.717) is 30.8 Å². The van der Waals surface area contributed by atoms with E-state index >= 15 is 0 Å². The molecule has 144 valence electrons. The van der Waals surface area contributed by atoms with Gasteiger partial charge in [-0.25, -0.2) is 0 Å². The highest BCUT2D eigenvalue weighted by Gasteiger charge is 2.07. The summed E-state index contributed by atoms with van der Waals surface area (Å²) in [5.41, 5.74) is 2.12. The molecule has 0 aliphatic carbocycles. The Morgan fingerprint density at radius 2 is 1.32 bits per heavy atom. The van der Waals surface area contributed by atoms with Gasteiger partial charge in [-0.15, -0.1) is 0 Å². The third kappa shape index (κ3) is 5.01. The van der Waals surface area contributed by atoms with Crippen LogP contribution in [0.3, 0.4) is 0 Å². The summed E-state index contributed by atoms with van der Waals surface area (Å²) in [6.07, 6.45) is 3.89. The van der Waals surface area contributed by atoms with Crippen molar-refractivity contribution in [3.63, 3.8) is 0 Å². The van der Waals surface area contributed by atoms with Crippen LogP contribution in [-0.2, 0) is 0 Å². The molecule has 0 bridgehead atoms. The summed E-state index contributed by atoms with van der Waals surface area (Å²) in [7, 11) is 0. The lowest BCUT2D eigenvalue weighted by atomic mass is 10.2. The first-order valence-electron chi connectivity index (χ1n) is 9.20. The van der Waals surface area contributed by atoms with Crippen molar-refractivity contribution >= 4 is 11.8 Å². The van der Waals surface area contributed by atoms with Crippen LogP contribution in [0.4, 0.5) is 0 Å². The summed E-state index contributed by atoms with van der Waals surface area (Å²) >= 11 is 0. The van der Waals surface area contributed by atoms with Crippen molar-refractivity contribution in [3.8, 4) is 11.4 Å². The summed E-state index contributed by atoms with van der Waals surface area (Å²) in [5.74, 6) is 0.372. The molecule has 0 radical (unpaired) electrons. The highest BCUT2D eigenvalue weighted by Crippen LogP contribution is 2.12. The van der Waals surface area contributed by atoms with Crippen LogP contribution in [0.25, 0.3) is 5.69 Å². The van der Waals surface area contributed by atoms with Gasteiger partial charge in [0.1, 0.15) is 5.75 Å². The molecule has 1 aromatic heterocycles. The second-order valence-electron chi connectivity index (χ2n) is 6.11. The number of ether oxygens (including phenoxy) is 1. The average molecular weight is 377 g/mol. The number of carbonyl (C=O) groups is 2. The van der Waals surface area contributed by atoms with E-state index in [1.54, 1.807) is 36.4 Å². The maximum absolute atomic E-state index is 12.2. The van der Waals surface area contributed by atoms with E-state index in [-0.39, 0.29) is 11.8 Å². The molecule has 6 heteroatoms. The molecule has 2 N–H and O–H groups in total. The molecule has 3 aromatic rings. The van der Waals surface area contributed by atoms with Gasteiger partial charge in [0.15, 0.2) is 0 Å². The van der Waals surface area contributed by atoms with Crippen LogP contribution in [0.15, 0.2) is 73.1 Å². The summed E-state index contributed by atoms with van der Waals surface area (Å²) in [5, 5.41) is 5.59. The molecule has 0 aliphatic heterocycles. The molecule has 28 heavy (non-hydrogen) atoms. The Labute approximate surface area is 164 Å². The minimum Gasteiger partial charge on any atom is -0.494 e. The van der Waals surface area contributed by atoms with E-state index in [0.717, 1.165) is 11.4 Å². The van der Waals surface area contributed by atoms with E-state index in [1.807, 2.05) is 48.1 Å². The first-order valence-corrected chi connectivity index (χ1v) is 9.20. The second-order valence-corrected chi connectivity index (χ2v) is 6.11. The molecule has 0 atom stereocenters. The molecule has 0 saturated heterocycles. The average Bonchev–Trinajstić information content (AvgIpc) is 3.27. The molecule has 6 nitrogen and oxygen atoms in total. The fourth-order valence-corrected chi connectivity index (χ4v) is 2.72. The molecule has 0 spiro atoms. The van der Waals surface area contributed by atoms with Gasteiger partial charge in [0.25, 0.3) is 11.8 Å². The molecule has 0 aliphatic rings. The Balaban J connectivity index is 1.43. The molecular formula is C22H23N3O3. The van der Waals surface area contributed by atoms with Gasteiger partial charge in [-0.05, 0) is 67.6 Å². The van der Waals surface area contributed by atoms with Crippen LogP contribution in [0, 0.1) is 0 Å². The van der Waals surface area contributed by atoms with Crippen molar-refractivity contribution in [2.45, 2.75) is 6.92 Å². The number of benzene rings is 2. The summed E-state index contributed by atoms with van der Waals surface area (Å²) in [6.45, 7) is 3.19. The third-order valence-corrected chi connectivity index (χ3v) is 4.16. The zero-order chi connectivity index (χ0) is 19.8. The highest BCUT2D eigenvalue weighted by atomic mass is 16.5. The van der Waals surface area contributed by atoms with Crippen molar-refractivity contribution in [1.82, 2.24) is 15.2 Å². The molecule has 2 aromatic carbocycles. The van der Waals surface area contributed by atoms with Crippen molar-refractivity contribution in [2.75, 3.05) is 19.7 Å². The number of hydrogen-bond donors (Lipinski definition) is 2. The van der Waals surface area contributed by atoms with Crippen LogP contribution in [0.1, 0.15) is 27.6 Å². The number of hydrogen-bond acceptors (Lipinski definition) is 3. The predicted octanol–water partition coefficient (Wildman–Crippen LogP) is 3.04. The minimum atomic E-state index is -0.187. The van der Waals surface area contributed by atoms with Gasteiger partial charge >= 0.3 is 0 Å². The van der Waals surface area contributed by atoms with Crippen molar-refractivity contribution in [1.29, 1.82) is 0 Å². The van der Waals surface area contributed by atoms with Crippen LogP contribution in [-0.4, -0.2) is 36.1 Å². The summed E-state index contributed by atoms with van der Waals surface area (Å²) < 4.78 is 7.33. The summed E-state index contributed by atoms with van der Waals surface area (Å²) in [4.78, 5) is 24.3. The first kappa shape index (κ1) is 19.2. The van der Waals surface area contributed by atoms with Crippen LogP contribution >= 0.6 is 0 Å². The highest BCUT2D eigenvalue weighted by molar-refractivity contribution is 5.95. The lowest BCUT2D eigenvalue weighted by Gasteiger charge is -2.09. The van der Waals surface area contributed by atoms with Gasteiger partial charge < -0.3 is 19.9 Å². The van der Waals surface area contributed by atoms with Crippen molar-refractivity contribution in [2.24, 2.45) is 0 Å².